The zero-order chi connectivity index (χ0) is 15.1. The molecule has 7 heteroatoms. The van der Waals surface area contributed by atoms with Crippen LogP contribution in [0.4, 0.5) is 10.1 Å². The van der Waals surface area contributed by atoms with Crippen molar-refractivity contribution in [1.82, 2.24) is 0 Å². The van der Waals surface area contributed by atoms with E-state index in [4.69, 9.17) is 11.5 Å². The van der Waals surface area contributed by atoms with Crippen molar-refractivity contribution < 1.29 is 12.8 Å². The number of nitrogens with zero attached hydrogens (tertiary/aromatic N) is 1. The molecule has 1 aliphatic rings. The molecule has 1 aromatic carbocycles. The quantitative estimate of drug-likeness (QED) is 0.801. The van der Waals surface area contributed by atoms with E-state index in [1.54, 1.807) is 13.8 Å². The van der Waals surface area contributed by atoms with Gasteiger partial charge in [0.15, 0.2) is 9.84 Å². The van der Waals surface area contributed by atoms with Crippen LogP contribution in [0.5, 0.6) is 0 Å². The van der Waals surface area contributed by atoms with Crippen LogP contribution in [-0.2, 0) is 15.4 Å². The minimum Gasteiger partial charge on any atom is -0.399 e. The lowest BCUT2D eigenvalue weighted by Gasteiger charge is -2.33. The molecule has 2 rings (SSSR count). The highest BCUT2D eigenvalue weighted by Crippen LogP contribution is 2.35. The Morgan fingerprint density at radius 1 is 1.45 bits per heavy atom. The van der Waals surface area contributed by atoms with Crippen molar-refractivity contribution in [2.24, 2.45) is 10.7 Å². The summed E-state index contributed by atoms with van der Waals surface area (Å²) in [5, 5.41) is -0.792. The van der Waals surface area contributed by atoms with E-state index in [2.05, 4.69) is 4.99 Å². The van der Waals surface area contributed by atoms with Crippen LogP contribution in [0.15, 0.2) is 23.2 Å². The molecule has 1 aromatic rings. The van der Waals surface area contributed by atoms with Crippen molar-refractivity contribution in [2.45, 2.75) is 31.1 Å². The molecule has 0 aliphatic carbocycles. The number of sulfone groups is 1. The van der Waals surface area contributed by atoms with E-state index in [9.17, 15) is 12.8 Å². The van der Waals surface area contributed by atoms with Crippen LogP contribution in [0, 0.1) is 5.82 Å². The van der Waals surface area contributed by atoms with Crippen LogP contribution >= 0.6 is 0 Å². The van der Waals surface area contributed by atoms with Crippen LogP contribution in [0.3, 0.4) is 0 Å². The van der Waals surface area contributed by atoms with Gasteiger partial charge in [0, 0.05) is 11.3 Å². The first-order valence-corrected chi connectivity index (χ1v) is 8.03. The third-order valence-corrected chi connectivity index (χ3v) is 5.97. The molecule has 0 bridgehead atoms. The fourth-order valence-corrected chi connectivity index (χ4v) is 4.76. The van der Waals surface area contributed by atoms with Gasteiger partial charge >= 0.3 is 0 Å². The predicted octanol–water partition coefficient (Wildman–Crippen LogP) is 1.19. The Balaban J connectivity index is 2.62. The molecule has 0 fully saturated rings. The van der Waals surface area contributed by atoms with Crippen molar-refractivity contribution in [3.63, 3.8) is 0 Å². The van der Waals surface area contributed by atoms with Gasteiger partial charge in [-0.3, -0.25) is 4.99 Å². The number of rotatable bonds is 2. The lowest BCUT2D eigenvalue weighted by molar-refractivity contribution is 0.483. The van der Waals surface area contributed by atoms with E-state index in [-0.39, 0.29) is 17.2 Å². The van der Waals surface area contributed by atoms with Crippen LogP contribution in [0.1, 0.15) is 25.8 Å². The molecule has 0 radical (unpaired) electrons. The lowest BCUT2D eigenvalue weighted by Crippen LogP contribution is -2.48. The zero-order valence-corrected chi connectivity index (χ0v) is 12.2. The Labute approximate surface area is 117 Å². The summed E-state index contributed by atoms with van der Waals surface area (Å²) in [5.74, 6) is -0.786. The third kappa shape index (κ3) is 2.37. The van der Waals surface area contributed by atoms with E-state index in [1.165, 1.54) is 18.2 Å². The molecule has 0 aromatic heterocycles. The lowest BCUT2D eigenvalue weighted by atomic mass is 9.93. The summed E-state index contributed by atoms with van der Waals surface area (Å²) >= 11 is 0. The predicted molar refractivity (Wildman–Crippen MR) is 77.7 cm³/mol. The molecule has 2 atom stereocenters. The van der Waals surface area contributed by atoms with Gasteiger partial charge in [0.1, 0.15) is 22.4 Å². The first-order chi connectivity index (χ1) is 9.19. The van der Waals surface area contributed by atoms with Gasteiger partial charge in [-0.2, -0.15) is 0 Å². The minimum atomic E-state index is -3.47. The van der Waals surface area contributed by atoms with Gasteiger partial charge in [-0.1, -0.05) is 6.92 Å². The summed E-state index contributed by atoms with van der Waals surface area (Å²) in [6.07, 6.45) is 0.354. The number of anilines is 1. The Kier molecular flexibility index (Phi) is 3.49. The highest BCUT2D eigenvalue weighted by molar-refractivity contribution is 7.92. The van der Waals surface area contributed by atoms with Crippen molar-refractivity contribution in [3.05, 3.63) is 29.6 Å². The van der Waals surface area contributed by atoms with E-state index in [0.717, 1.165) is 0 Å². The molecule has 4 N–H and O–H groups in total. The molecule has 20 heavy (non-hydrogen) atoms. The van der Waals surface area contributed by atoms with E-state index in [0.29, 0.717) is 12.1 Å². The van der Waals surface area contributed by atoms with Crippen LogP contribution < -0.4 is 11.5 Å². The second kappa shape index (κ2) is 4.73. The van der Waals surface area contributed by atoms with E-state index >= 15 is 0 Å². The zero-order valence-electron chi connectivity index (χ0n) is 11.4. The summed E-state index contributed by atoms with van der Waals surface area (Å²) in [4.78, 5) is 4.25. The van der Waals surface area contributed by atoms with Crippen molar-refractivity contribution in [2.75, 3.05) is 11.5 Å². The third-order valence-electron chi connectivity index (χ3n) is 3.56. The molecular weight excluding hydrogens is 281 g/mol. The topological polar surface area (TPSA) is 98.5 Å². The van der Waals surface area contributed by atoms with Crippen molar-refractivity contribution in [1.29, 1.82) is 0 Å². The fourth-order valence-electron chi connectivity index (χ4n) is 2.62. The van der Waals surface area contributed by atoms with Crippen LogP contribution in [0.25, 0.3) is 0 Å². The number of hydrogen-bond acceptors (Lipinski definition) is 5. The Hall–Kier alpha value is -1.63. The van der Waals surface area contributed by atoms with E-state index < -0.39 is 26.4 Å². The van der Waals surface area contributed by atoms with Crippen molar-refractivity contribution >= 4 is 21.4 Å². The molecule has 0 amide bonds. The van der Waals surface area contributed by atoms with Crippen LogP contribution in [-0.4, -0.2) is 25.3 Å². The summed E-state index contributed by atoms with van der Waals surface area (Å²) < 4.78 is 38.6. The minimum absolute atomic E-state index is 0.0306. The summed E-state index contributed by atoms with van der Waals surface area (Å²) in [7, 11) is -3.47. The largest absolute Gasteiger partial charge is 0.399 e. The molecule has 5 nitrogen and oxygen atoms in total. The van der Waals surface area contributed by atoms with Gasteiger partial charge in [-0.05, 0) is 31.5 Å². The number of nitrogens with two attached hydrogens (primary N) is 2. The second-order valence-corrected chi connectivity index (χ2v) is 7.44. The first kappa shape index (κ1) is 14.8. The highest BCUT2D eigenvalue weighted by atomic mass is 32.2. The van der Waals surface area contributed by atoms with Crippen molar-refractivity contribution in [3.8, 4) is 0 Å². The number of benzene rings is 1. The highest BCUT2D eigenvalue weighted by Gasteiger charge is 2.43. The molecular formula is C13H18FN3O2S. The molecule has 0 saturated carbocycles. The monoisotopic (exact) mass is 299 g/mol. The summed E-state index contributed by atoms with van der Waals surface area (Å²) in [5.41, 5.74) is 10.7. The van der Waals surface area contributed by atoms with Gasteiger partial charge in [0.2, 0.25) is 0 Å². The van der Waals surface area contributed by atoms with Crippen LogP contribution in [0.2, 0.25) is 0 Å². The maximum absolute atomic E-state index is 14.0. The normalized spacial score (nSPS) is 28.9. The number of hydrogen-bond donors (Lipinski definition) is 2. The fraction of sp³-hybridized carbons (Fsp3) is 0.462. The Bertz CT molecular complexity index is 672. The Morgan fingerprint density at radius 3 is 2.65 bits per heavy atom. The SMILES string of the molecule is CC[C@@H]1C(N)=N[C@](C)(c2cc(N)ccc2F)CS1(=O)=O. The number of nitrogen functional groups attached to an aromatic ring is 1. The van der Waals surface area contributed by atoms with Gasteiger partial charge in [0.05, 0.1) is 5.75 Å². The summed E-state index contributed by atoms with van der Waals surface area (Å²) in [6, 6.07) is 4.04. The molecule has 110 valence electrons. The molecule has 1 heterocycles. The standard InChI is InChI=1S/C13H18FN3O2S/c1-3-11-12(16)17-13(2,7-20(11,18)19)9-6-8(15)4-5-10(9)14/h4-6,11H,3,7,15H2,1-2H3,(H2,16,17)/t11-,13+/m1/s1. The van der Waals surface area contributed by atoms with E-state index in [1.807, 2.05) is 0 Å². The number of aliphatic imine (C=N–C) groups is 1. The van der Waals surface area contributed by atoms with Gasteiger partial charge in [-0.25, -0.2) is 12.8 Å². The molecule has 0 unspecified atom stereocenters. The van der Waals surface area contributed by atoms with Gasteiger partial charge in [-0.15, -0.1) is 0 Å². The number of amidine groups is 1. The smallest absolute Gasteiger partial charge is 0.163 e. The van der Waals surface area contributed by atoms with Gasteiger partial charge < -0.3 is 11.5 Å². The molecule has 0 spiro atoms. The second-order valence-electron chi connectivity index (χ2n) is 5.25. The Morgan fingerprint density at radius 2 is 2.10 bits per heavy atom. The average Bonchev–Trinajstić information content (AvgIpc) is 2.30. The van der Waals surface area contributed by atoms with Gasteiger partial charge in [0.25, 0.3) is 0 Å². The molecule has 0 saturated heterocycles. The summed E-state index contributed by atoms with van der Waals surface area (Å²) in [6.45, 7) is 3.29. The maximum Gasteiger partial charge on any atom is 0.163 e. The first-order valence-electron chi connectivity index (χ1n) is 6.32. The average molecular weight is 299 g/mol. The maximum atomic E-state index is 14.0. The number of halogens is 1. The molecule has 1 aliphatic heterocycles.